The Kier molecular flexibility index (Phi) is 4.73. The van der Waals surface area contributed by atoms with Crippen LogP contribution < -0.4 is 0 Å². The topological polar surface area (TPSA) is 63.9 Å². The molecule has 0 unspecified atom stereocenters. The number of hydrogen-bond acceptors (Lipinski definition) is 4. The van der Waals surface area contributed by atoms with Gasteiger partial charge in [0.1, 0.15) is 0 Å². The third-order valence-corrected chi connectivity index (χ3v) is 4.89. The largest absolute Gasteiger partial charge is 0.337 e. The molecule has 4 rings (SSSR count). The number of benzene rings is 1. The molecule has 132 valence electrons. The van der Waals surface area contributed by atoms with Gasteiger partial charge in [0, 0.05) is 19.3 Å². The lowest BCUT2D eigenvalue weighted by molar-refractivity contribution is 0.0684. The first-order chi connectivity index (χ1) is 12.8. The minimum atomic E-state index is -0.0432. The Hall–Kier alpha value is -3.02. The van der Waals surface area contributed by atoms with E-state index in [1.54, 1.807) is 23.3 Å². The zero-order valence-electron chi connectivity index (χ0n) is 14.5. The van der Waals surface area contributed by atoms with Crippen LogP contribution in [0.4, 0.5) is 0 Å². The van der Waals surface area contributed by atoms with Crippen molar-refractivity contribution in [3.05, 3.63) is 72.3 Å². The van der Waals surface area contributed by atoms with E-state index in [4.69, 9.17) is 0 Å². The predicted octanol–water partition coefficient (Wildman–Crippen LogP) is 2.76. The Morgan fingerprint density at radius 3 is 2.62 bits per heavy atom. The molecule has 1 aliphatic rings. The maximum Gasteiger partial charge on any atom is 0.276 e. The van der Waals surface area contributed by atoms with E-state index < -0.39 is 0 Å². The van der Waals surface area contributed by atoms with Crippen molar-refractivity contribution < 1.29 is 4.79 Å². The average Bonchev–Trinajstić information content (AvgIpc) is 3.20. The summed E-state index contributed by atoms with van der Waals surface area (Å²) in [5, 5.41) is 8.10. The highest BCUT2D eigenvalue weighted by Gasteiger charge is 2.25. The van der Waals surface area contributed by atoms with Crippen LogP contribution in [0.25, 0.3) is 5.69 Å². The molecule has 1 saturated heterocycles. The maximum atomic E-state index is 12.7. The van der Waals surface area contributed by atoms with Crippen molar-refractivity contribution >= 4 is 5.91 Å². The van der Waals surface area contributed by atoms with Gasteiger partial charge in [0.2, 0.25) is 0 Å². The van der Waals surface area contributed by atoms with Gasteiger partial charge in [-0.15, -0.1) is 5.10 Å². The van der Waals surface area contributed by atoms with Gasteiger partial charge in [-0.3, -0.25) is 9.78 Å². The Labute approximate surface area is 152 Å². The molecule has 0 radical (unpaired) electrons. The van der Waals surface area contributed by atoms with Crippen molar-refractivity contribution in [3.8, 4) is 5.69 Å². The number of rotatable bonds is 4. The molecule has 26 heavy (non-hydrogen) atoms. The second-order valence-electron chi connectivity index (χ2n) is 6.68. The molecule has 3 heterocycles. The maximum absolute atomic E-state index is 12.7. The quantitative estimate of drug-likeness (QED) is 0.728. The van der Waals surface area contributed by atoms with E-state index in [1.165, 1.54) is 5.56 Å². The van der Waals surface area contributed by atoms with Gasteiger partial charge in [-0.25, -0.2) is 4.68 Å². The summed E-state index contributed by atoms with van der Waals surface area (Å²) in [5.41, 5.74) is 2.55. The van der Waals surface area contributed by atoms with Crippen molar-refractivity contribution in [2.75, 3.05) is 13.1 Å². The summed E-state index contributed by atoms with van der Waals surface area (Å²) in [4.78, 5) is 18.7. The van der Waals surface area contributed by atoms with E-state index in [2.05, 4.69) is 39.6 Å². The molecule has 0 saturated carbocycles. The van der Waals surface area contributed by atoms with E-state index >= 15 is 0 Å². The molecule has 3 aromatic rings. The van der Waals surface area contributed by atoms with Gasteiger partial charge >= 0.3 is 0 Å². The summed E-state index contributed by atoms with van der Waals surface area (Å²) in [5.74, 6) is 0.589. The third-order valence-electron chi connectivity index (χ3n) is 4.89. The molecule has 2 aromatic heterocycles. The number of pyridine rings is 1. The van der Waals surface area contributed by atoms with E-state index in [1.807, 2.05) is 23.1 Å². The Balaban J connectivity index is 1.36. The summed E-state index contributed by atoms with van der Waals surface area (Å²) in [6.07, 6.45) is 8.20. The lowest BCUT2D eigenvalue weighted by atomic mass is 9.90. The number of nitrogens with zero attached hydrogens (tertiary/aromatic N) is 5. The Morgan fingerprint density at radius 1 is 1.08 bits per heavy atom. The van der Waals surface area contributed by atoms with Crippen LogP contribution in [0.1, 0.15) is 28.9 Å². The highest BCUT2D eigenvalue weighted by molar-refractivity contribution is 5.92. The van der Waals surface area contributed by atoms with Gasteiger partial charge < -0.3 is 4.90 Å². The number of aromatic nitrogens is 4. The van der Waals surface area contributed by atoms with Crippen LogP contribution >= 0.6 is 0 Å². The minimum absolute atomic E-state index is 0.0432. The zero-order valence-corrected chi connectivity index (χ0v) is 14.5. The lowest BCUT2D eigenvalue weighted by Crippen LogP contribution is -2.39. The summed E-state index contributed by atoms with van der Waals surface area (Å²) in [7, 11) is 0. The summed E-state index contributed by atoms with van der Waals surface area (Å²) in [6, 6.07) is 14.3. The van der Waals surface area contributed by atoms with Crippen LogP contribution in [0.3, 0.4) is 0 Å². The molecular formula is C20H21N5O. The van der Waals surface area contributed by atoms with Gasteiger partial charge in [-0.1, -0.05) is 35.5 Å². The highest BCUT2D eigenvalue weighted by atomic mass is 16.2. The van der Waals surface area contributed by atoms with Crippen LogP contribution in [0.5, 0.6) is 0 Å². The zero-order chi connectivity index (χ0) is 17.8. The first-order valence-corrected chi connectivity index (χ1v) is 8.95. The lowest BCUT2D eigenvalue weighted by Gasteiger charge is -2.31. The monoisotopic (exact) mass is 347 g/mol. The molecule has 1 amide bonds. The van der Waals surface area contributed by atoms with Crippen molar-refractivity contribution in [1.29, 1.82) is 0 Å². The van der Waals surface area contributed by atoms with E-state index in [0.717, 1.165) is 38.0 Å². The van der Waals surface area contributed by atoms with Crippen LogP contribution in [0.15, 0.2) is 61.1 Å². The first-order valence-electron chi connectivity index (χ1n) is 8.95. The average molecular weight is 347 g/mol. The van der Waals surface area contributed by atoms with E-state index in [-0.39, 0.29) is 5.91 Å². The molecule has 0 aliphatic carbocycles. The number of hydrogen-bond donors (Lipinski definition) is 0. The smallest absolute Gasteiger partial charge is 0.276 e. The molecule has 1 fully saturated rings. The molecule has 1 aromatic carbocycles. The minimum Gasteiger partial charge on any atom is -0.337 e. The number of carbonyl (C=O) groups excluding carboxylic acids is 1. The normalized spacial score (nSPS) is 15.2. The molecular weight excluding hydrogens is 326 g/mol. The summed E-state index contributed by atoms with van der Waals surface area (Å²) in [6.45, 7) is 1.55. The fourth-order valence-electron chi connectivity index (χ4n) is 3.43. The molecule has 1 aliphatic heterocycles. The molecule has 0 N–H and O–H groups in total. The molecule has 0 spiro atoms. The van der Waals surface area contributed by atoms with Crippen molar-refractivity contribution in [1.82, 2.24) is 24.9 Å². The first kappa shape index (κ1) is 16.4. The second kappa shape index (κ2) is 7.47. The van der Waals surface area contributed by atoms with Crippen LogP contribution in [0, 0.1) is 5.92 Å². The van der Waals surface area contributed by atoms with Crippen molar-refractivity contribution in [2.24, 2.45) is 5.92 Å². The number of carbonyl (C=O) groups is 1. The fourth-order valence-corrected chi connectivity index (χ4v) is 3.43. The number of likely N-dealkylation sites (tertiary alicyclic amines) is 1. The second-order valence-corrected chi connectivity index (χ2v) is 6.68. The van der Waals surface area contributed by atoms with Gasteiger partial charge in [-0.2, -0.15) is 0 Å². The summed E-state index contributed by atoms with van der Waals surface area (Å²) >= 11 is 0. The van der Waals surface area contributed by atoms with E-state index in [0.29, 0.717) is 11.6 Å². The predicted molar refractivity (Wildman–Crippen MR) is 97.9 cm³/mol. The Bertz CT molecular complexity index is 854. The SMILES string of the molecule is O=C(c1cn(-c2cccnc2)nn1)N1CCC(Cc2ccccc2)CC1. The van der Waals surface area contributed by atoms with Gasteiger partial charge in [0.25, 0.3) is 5.91 Å². The molecule has 0 bridgehead atoms. The molecule has 6 nitrogen and oxygen atoms in total. The fraction of sp³-hybridized carbons (Fsp3) is 0.300. The van der Waals surface area contributed by atoms with Crippen molar-refractivity contribution in [2.45, 2.75) is 19.3 Å². The molecule has 0 atom stereocenters. The Morgan fingerprint density at radius 2 is 1.88 bits per heavy atom. The molecule has 6 heteroatoms. The van der Waals surface area contributed by atoms with Gasteiger partial charge in [0.05, 0.1) is 18.1 Å². The van der Waals surface area contributed by atoms with Crippen LogP contribution in [0.2, 0.25) is 0 Å². The summed E-state index contributed by atoms with van der Waals surface area (Å²) < 4.78 is 1.59. The van der Waals surface area contributed by atoms with Crippen LogP contribution in [-0.2, 0) is 6.42 Å². The highest BCUT2D eigenvalue weighted by Crippen LogP contribution is 2.22. The van der Waals surface area contributed by atoms with Gasteiger partial charge in [0.15, 0.2) is 5.69 Å². The van der Waals surface area contributed by atoms with Crippen molar-refractivity contribution in [3.63, 3.8) is 0 Å². The number of piperidine rings is 1. The van der Waals surface area contributed by atoms with Crippen LogP contribution in [-0.4, -0.2) is 43.9 Å². The standard InChI is InChI=1S/C20H21N5O/c26-20(19-15-25(23-22-19)18-7-4-10-21-14-18)24-11-8-17(9-12-24)13-16-5-2-1-3-6-16/h1-7,10,14-15,17H,8-9,11-13H2. The number of amides is 1. The van der Waals surface area contributed by atoms with Gasteiger partial charge in [-0.05, 0) is 42.9 Å². The van der Waals surface area contributed by atoms with E-state index in [9.17, 15) is 4.79 Å². The third kappa shape index (κ3) is 3.64.